The normalized spacial score (nSPS) is 18.2. The van der Waals surface area contributed by atoms with Crippen LogP contribution < -0.4 is 10.1 Å². The lowest BCUT2D eigenvalue weighted by Gasteiger charge is -2.26. The number of nitrogens with zero attached hydrogens (tertiary/aromatic N) is 2. The summed E-state index contributed by atoms with van der Waals surface area (Å²) in [6.07, 6.45) is 7.70. The van der Waals surface area contributed by atoms with Gasteiger partial charge in [-0.3, -0.25) is 4.79 Å². The van der Waals surface area contributed by atoms with Gasteiger partial charge in [0.25, 0.3) is 5.91 Å². The molecule has 0 unspecified atom stereocenters. The lowest BCUT2D eigenvalue weighted by molar-refractivity contribution is 0.0730. The Morgan fingerprint density at radius 1 is 1.09 bits per heavy atom. The zero-order chi connectivity index (χ0) is 22.4. The Labute approximate surface area is 189 Å². The van der Waals surface area contributed by atoms with Gasteiger partial charge in [-0.05, 0) is 55.2 Å². The summed E-state index contributed by atoms with van der Waals surface area (Å²) >= 11 is 0. The third-order valence-electron chi connectivity index (χ3n) is 5.93. The van der Waals surface area contributed by atoms with E-state index in [1.165, 1.54) is 60.7 Å². The third kappa shape index (κ3) is 5.46. The van der Waals surface area contributed by atoms with Crippen molar-refractivity contribution in [2.75, 3.05) is 38.2 Å². The molecule has 1 aliphatic carbocycles. The predicted molar refractivity (Wildman–Crippen MR) is 120 cm³/mol. The van der Waals surface area contributed by atoms with Crippen LogP contribution in [-0.4, -0.2) is 56.5 Å². The summed E-state index contributed by atoms with van der Waals surface area (Å²) in [5.41, 5.74) is 0.342. The molecule has 0 bridgehead atoms. The summed E-state index contributed by atoms with van der Waals surface area (Å²) in [5, 5.41) is 2.78. The molecule has 9 heteroatoms. The average molecular weight is 460 g/mol. The molecule has 1 aromatic heterocycles. The highest BCUT2D eigenvalue weighted by Crippen LogP contribution is 2.27. The number of amides is 1. The van der Waals surface area contributed by atoms with Crippen molar-refractivity contribution in [2.45, 2.75) is 37.0 Å². The SMILES string of the molecule is O=C(Nc1ncccc1OCC1CCCCC1)c1ccc(S(=O)(=O)N2CCOCC2)cc1. The van der Waals surface area contributed by atoms with Gasteiger partial charge in [0.15, 0.2) is 11.6 Å². The molecule has 1 saturated carbocycles. The Morgan fingerprint density at radius 2 is 1.81 bits per heavy atom. The van der Waals surface area contributed by atoms with Crippen molar-refractivity contribution in [2.24, 2.45) is 5.92 Å². The maximum Gasteiger partial charge on any atom is 0.256 e. The molecule has 0 radical (unpaired) electrons. The zero-order valence-electron chi connectivity index (χ0n) is 18.0. The molecule has 172 valence electrons. The van der Waals surface area contributed by atoms with E-state index in [-0.39, 0.29) is 10.8 Å². The van der Waals surface area contributed by atoms with Crippen LogP contribution in [0.25, 0.3) is 0 Å². The first kappa shape index (κ1) is 22.7. The smallest absolute Gasteiger partial charge is 0.256 e. The van der Waals surface area contributed by atoms with Crippen LogP contribution >= 0.6 is 0 Å². The van der Waals surface area contributed by atoms with Crippen LogP contribution in [0.3, 0.4) is 0 Å². The van der Waals surface area contributed by atoms with Crippen molar-refractivity contribution in [1.82, 2.24) is 9.29 Å². The van der Waals surface area contributed by atoms with E-state index in [4.69, 9.17) is 9.47 Å². The number of morpholine rings is 1. The van der Waals surface area contributed by atoms with Crippen molar-refractivity contribution in [3.05, 3.63) is 48.2 Å². The third-order valence-corrected chi connectivity index (χ3v) is 7.84. The summed E-state index contributed by atoms with van der Waals surface area (Å²) in [7, 11) is -3.60. The van der Waals surface area contributed by atoms with E-state index in [0.717, 1.165) is 0 Å². The fourth-order valence-electron chi connectivity index (χ4n) is 4.06. The minimum atomic E-state index is -3.60. The highest BCUT2D eigenvalue weighted by molar-refractivity contribution is 7.89. The van der Waals surface area contributed by atoms with Gasteiger partial charge in [-0.1, -0.05) is 19.3 Å². The molecule has 8 nitrogen and oxygen atoms in total. The second kappa shape index (κ2) is 10.4. The summed E-state index contributed by atoms with van der Waals surface area (Å²) < 4.78 is 38.1. The molecular weight excluding hydrogens is 430 g/mol. The van der Waals surface area contributed by atoms with E-state index in [0.29, 0.717) is 56.0 Å². The van der Waals surface area contributed by atoms with Crippen molar-refractivity contribution >= 4 is 21.7 Å². The molecule has 0 atom stereocenters. The van der Waals surface area contributed by atoms with Crippen LogP contribution in [0.5, 0.6) is 5.75 Å². The first-order valence-electron chi connectivity index (χ1n) is 11.1. The molecular formula is C23H29N3O5S. The fourth-order valence-corrected chi connectivity index (χ4v) is 5.46. The van der Waals surface area contributed by atoms with Crippen molar-refractivity contribution in [3.8, 4) is 5.75 Å². The van der Waals surface area contributed by atoms with E-state index in [9.17, 15) is 13.2 Å². The number of rotatable bonds is 7. The van der Waals surface area contributed by atoms with Gasteiger partial charge in [0.1, 0.15) is 0 Å². The van der Waals surface area contributed by atoms with E-state index in [1.807, 2.05) is 0 Å². The number of anilines is 1. The van der Waals surface area contributed by atoms with Gasteiger partial charge in [-0.2, -0.15) is 4.31 Å². The van der Waals surface area contributed by atoms with Crippen LogP contribution in [0.1, 0.15) is 42.5 Å². The summed E-state index contributed by atoms with van der Waals surface area (Å²) in [4.78, 5) is 17.2. The maximum atomic E-state index is 12.8. The number of hydrogen-bond donors (Lipinski definition) is 1. The first-order chi connectivity index (χ1) is 15.5. The molecule has 32 heavy (non-hydrogen) atoms. The second-order valence-electron chi connectivity index (χ2n) is 8.16. The number of carbonyl (C=O) groups excluding carboxylic acids is 1. The quantitative estimate of drug-likeness (QED) is 0.682. The van der Waals surface area contributed by atoms with Gasteiger partial charge in [-0.15, -0.1) is 0 Å². The number of pyridine rings is 1. The molecule has 1 aromatic carbocycles. The molecule has 1 aliphatic heterocycles. The molecule has 0 spiro atoms. The molecule has 2 fully saturated rings. The number of benzene rings is 1. The van der Waals surface area contributed by atoms with E-state index < -0.39 is 10.0 Å². The maximum absolute atomic E-state index is 12.8. The van der Waals surface area contributed by atoms with Crippen LogP contribution in [0.4, 0.5) is 5.82 Å². The molecule has 2 aromatic rings. The molecule has 2 aliphatic rings. The molecule has 1 saturated heterocycles. The molecule has 4 rings (SSSR count). The Balaban J connectivity index is 1.41. The summed E-state index contributed by atoms with van der Waals surface area (Å²) in [6.45, 7) is 2.04. The number of carbonyl (C=O) groups is 1. The number of ether oxygens (including phenoxy) is 2. The van der Waals surface area contributed by atoms with Crippen LogP contribution in [0.2, 0.25) is 0 Å². The standard InChI is InChI=1S/C23H29N3O5S/c27-23(19-8-10-20(11-9-19)32(28,29)26-13-15-30-16-14-26)25-22-21(7-4-12-24-22)31-17-18-5-2-1-3-6-18/h4,7-12,18H,1-3,5-6,13-17H2,(H,24,25,27). The topological polar surface area (TPSA) is 97.8 Å². The van der Waals surface area contributed by atoms with Gasteiger partial charge in [-0.25, -0.2) is 13.4 Å². The van der Waals surface area contributed by atoms with Crippen molar-refractivity contribution in [3.63, 3.8) is 0 Å². The van der Waals surface area contributed by atoms with E-state index in [1.54, 1.807) is 18.3 Å². The largest absolute Gasteiger partial charge is 0.489 e. The van der Waals surface area contributed by atoms with Gasteiger partial charge in [0, 0.05) is 24.8 Å². The lowest BCUT2D eigenvalue weighted by atomic mass is 9.90. The van der Waals surface area contributed by atoms with Gasteiger partial charge < -0.3 is 14.8 Å². The first-order valence-corrected chi connectivity index (χ1v) is 12.6. The molecule has 1 N–H and O–H groups in total. The van der Waals surface area contributed by atoms with Crippen molar-refractivity contribution < 1.29 is 22.7 Å². The molecule has 2 heterocycles. The monoisotopic (exact) mass is 459 g/mol. The number of nitrogens with one attached hydrogen (secondary N) is 1. The number of hydrogen-bond acceptors (Lipinski definition) is 6. The minimum Gasteiger partial charge on any atom is -0.489 e. The van der Waals surface area contributed by atoms with E-state index >= 15 is 0 Å². The number of aromatic nitrogens is 1. The highest BCUT2D eigenvalue weighted by atomic mass is 32.2. The highest BCUT2D eigenvalue weighted by Gasteiger charge is 2.26. The summed E-state index contributed by atoms with van der Waals surface area (Å²) in [6, 6.07) is 9.50. The van der Waals surface area contributed by atoms with Gasteiger partial charge in [0.05, 0.1) is 24.7 Å². The molecule has 1 amide bonds. The summed E-state index contributed by atoms with van der Waals surface area (Å²) in [5.74, 6) is 1.06. The Kier molecular flexibility index (Phi) is 7.39. The van der Waals surface area contributed by atoms with Gasteiger partial charge >= 0.3 is 0 Å². The number of sulfonamides is 1. The van der Waals surface area contributed by atoms with Crippen LogP contribution in [0, 0.1) is 5.92 Å². The Bertz CT molecular complexity index is 1010. The Morgan fingerprint density at radius 3 is 2.53 bits per heavy atom. The predicted octanol–water partition coefficient (Wildman–Crippen LogP) is 3.31. The van der Waals surface area contributed by atoms with Crippen LogP contribution in [0.15, 0.2) is 47.5 Å². The minimum absolute atomic E-state index is 0.158. The zero-order valence-corrected chi connectivity index (χ0v) is 18.9. The van der Waals surface area contributed by atoms with E-state index in [2.05, 4.69) is 10.3 Å². The average Bonchev–Trinajstić information content (AvgIpc) is 2.85. The fraction of sp³-hybridized carbons (Fsp3) is 0.478. The Hall–Kier alpha value is -2.49. The van der Waals surface area contributed by atoms with Crippen LogP contribution in [-0.2, 0) is 14.8 Å². The second-order valence-corrected chi connectivity index (χ2v) is 10.1. The van der Waals surface area contributed by atoms with Gasteiger partial charge in [0.2, 0.25) is 10.0 Å². The lowest BCUT2D eigenvalue weighted by Crippen LogP contribution is -2.40. The van der Waals surface area contributed by atoms with Crippen molar-refractivity contribution in [1.29, 1.82) is 0 Å².